The Labute approximate surface area is 123 Å². The molecule has 0 saturated carbocycles. The lowest BCUT2D eigenvalue weighted by Gasteiger charge is -2.05. The molecule has 106 valence electrons. The summed E-state index contributed by atoms with van der Waals surface area (Å²) < 4.78 is 0. The quantitative estimate of drug-likeness (QED) is 0.379. The second kappa shape index (κ2) is 7.00. The molecule has 21 heavy (non-hydrogen) atoms. The maximum absolute atomic E-state index is 12.3. The molecule has 0 aromatic heterocycles. The smallest absolute Gasteiger partial charge is 0.211 e. The molecule has 0 heterocycles. The SMILES string of the molecule is NC(N)=NN=C(CC(=O)c1ccccc1)c1ccccc1. The van der Waals surface area contributed by atoms with E-state index in [-0.39, 0.29) is 18.2 Å². The van der Waals surface area contributed by atoms with Gasteiger partial charge < -0.3 is 11.5 Å². The van der Waals surface area contributed by atoms with Gasteiger partial charge >= 0.3 is 0 Å². The van der Waals surface area contributed by atoms with Crippen LogP contribution in [0, 0.1) is 0 Å². The van der Waals surface area contributed by atoms with E-state index in [1.807, 2.05) is 48.5 Å². The van der Waals surface area contributed by atoms with Gasteiger partial charge in [0.1, 0.15) is 0 Å². The zero-order valence-electron chi connectivity index (χ0n) is 11.4. The van der Waals surface area contributed by atoms with E-state index >= 15 is 0 Å². The largest absolute Gasteiger partial charge is 0.369 e. The molecule has 0 spiro atoms. The van der Waals surface area contributed by atoms with Crippen molar-refractivity contribution in [2.24, 2.45) is 21.7 Å². The van der Waals surface area contributed by atoms with Crippen LogP contribution in [0.2, 0.25) is 0 Å². The Morgan fingerprint density at radius 3 is 1.86 bits per heavy atom. The Morgan fingerprint density at radius 2 is 1.33 bits per heavy atom. The monoisotopic (exact) mass is 280 g/mol. The molecule has 0 saturated heterocycles. The van der Waals surface area contributed by atoms with Gasteiger partial charge in [0.15, 0.2) is 5.78 Å². The molecule has 0 fully saturated rings. The van der Waals surface area contributed by atoms with Gasteiger partial charge in [0.05, 0.1) is 12.1 Å². The highest BCUT2D eigenvalue weighted by Gasteiger charge is 2.12. The molecule has 5 nitrogen and oxygen atoms in total. The first-order chi connectivity index (χ1) is 10.2. The van der Waals surface area contributed by atoms with Gasteiger partial charge in [0.25, 0.3) is 0 Å². The summed E-state index contributed by atoms with van der Waals surface area (Å²) in [6.45, 7) is 0. The maximum Gasteiger partial charge on any atom is 0.211 e. The van der Waals surface area contributed by atoms with Crippen LogP contribution < -0.4 is 11.5 Å². The topological polar surface area (TPSA) is 93.8 Å². The minimum Gasteiger partial charge on any atom is -0.369 e. The Hall–Kier alpha value is -2.95. The van der Waals surface area contributed by atoms with Gasteiger partial charge in [-0.05, 0) is 5.56 Å². The number of rotatable bonds is 5. The lowest BCUT2D eigenvalue weighted by molar-refractivity contribution is 0.100. The summed E-state index contributed by atoms with van der Waals surface area (Å²) in [5.41, 5.74) is 12.6. The van der Waals surface area contributed by atoms with Crippen molar-refractivity contribution in [3.05, 3.63) is 71.8 Å². The summed E-state index contributed by atoms with van der Waals surface area (Å²) in [4.78, 5) is 12.3. The lowest BCUT2D eigenvalue weighted by atomic mass is 10.0. The molecule has 0 amide bonds. The molecule has 5 heteroatoms. The van der Waals surface area contributed by atoms with Crippen LogP contribution in [0.1, 0.15) is 22.3 Å². The van der Waals surface area contributed by atoms with Gasteiger partial charge in [-0.1, -0.05) is 60.7 Å². The van der Waals surface area contributed by atoms with E-state index in [1.54, 1.807) is 12.1 Å². The van der Waals surface area contributed by atoms with Gasteiger partial charge in [-0.15, -0.1) is 5.10 Å². The fourth-order valence-corrected chi connectivity index (χ4v) is 1.82. The van der Waals surface area contributed by atoms with Crippen molar-refractivity contribution in [1.82, 2.24) is 0 Å². The standard InChI is InChI=1S/C16H16N4O/c17-16(18)20-19-14(12-7-3-1-4-8-12)11-15(21)13-9-5-2-6-10-13/h1-10H,11H2,(H4,17,18,20). The van der Waals surface area contributed by atoms with Crippen LogP contribution in [0.25, 0.3) is 0 Å². The molecule has 2 rings (SSSR count). The van der Waals surface area contributed by atoms with E-state index in [0.717, 1.165) is 5.56 Å². The summed E-state index contributed by atoms with van der Waals surface area (Å²) in [5.74, 6) is -0.181. The first kappa shape index (κ1) is 14.5. The number of carbonyl (C=O) groups is 1. The average molecular weight is 280 g/mol. The van der Waals surface area contributed by atoms with Crippen LogP contribution >= 0.6 is 0 Å². The van der Waals surface area contributed by atoms with Crippen LogP contribution in [-0.2, 0) is 0 Å². The van der Waals surface area contributed by atoms with Crippen LogP contribution in [0.4, 0.5) is 0 Å². The van der Waals surface area contributed by atoms with Gasteiger partial charge in [0, 0.05) is 5.56 Å². The number of guanidine groups is 1. The number of benzene rings is 2. The van der Waals surface area contributed by atoms with Crippen LogP contribution in [0.5, 0.6) is 0 Å². The third kappa shape index (κ3) is 4.28. The van der Waals surface area contributed by atoms with E-state index in [2.05, 4.69) is 10.2 Å². The maximum atomic E-state index is 12.3. The Balaban J connectivity index is 2.27. The molecule has 0 aliphatic heterocycles. The van der Waals surface area contributed by atoms with Crippen molar-refractivity contribution >= 4 is 17.5 Å². The van der Waals surface area contributed by atoms with E-state index in [9.17, 15) is 4.79 Å². The van der Waals surface area contributed by atoms with E-state index in [0.29, 0.717) is 11.3 Å². The zero-order valence-corrected chi connectivity index (χ0v) is 11.4. The second-order valence-electron chi connectivity index (χ2n) is 4.40. The van der Waals surface area contributed by atoms with E-state index in [4.69, 9.17) is 11.5 Å². The Bertz CT molecular complexity index is 659. The van der Waals surface area contributed by atoms with Crippen molar-refractivity contribution in [3.8, 4) is 0 Å². The van der Waals surface area contributed by atoms with E-state index in [1.165, 1.54) is 0 Å². The molecular formula is C16H16N4O. The first-order valence-electron chi connectivity index (χ1n) is 6.46. The molecular weight excluding hydrogens is 264 g/mol. The molecule has 0 radical (unpaired) electrons. The number of hydrogen-bond donors (Lipinski definition) is 2. The molecule has 0 atom stereocenters. The minimum atomic E-state index is -0.143. The van der Waals surface area contributed by atoms with Gasteiger partial charge in [-0.25, -0.2) is 0 Å². The number of Topliss-reactive ketones (excluding diaryl/α,β-unsaturated/α-hetero) is 1. The lowest BCUT2D eigenvalue weighted by Crippen LogP contribution is -2.22. The third-order valence-electron chi connectivity index (χ3n) is 2.82. The van der Waals surface area contributed by atoms with Crippen molar-refractivity contribution in [2.75, 3.05) is 0 Å². The van der Waals surface area contributed by atoms with Crippen molar-refractivity contribution in [1.29, 1.82) is 0 Å². The summed E-state index contributed by atoms with van der Waals surface area (Å²) >= 11 is 0. The van der Waals surface area contributed by atoms with Crippen molar-refractivity contribution in [2.45, 2.75) is 6.42 Å². The highest BCUT2D eigenvalue weighted by Crippen LogP contribution is 2.10. The normalized spacial score (nSPS) is 11.0. The number of nitrogens with two attached hydrogens (primary N) is 2. The number of ketones is 1. The average Bonchev–Trinajstić information content (AvgIpc) is 2.52. The van der Waals surface area contributed by atoms with Gasteiger partial charge in [-0.3, -0.25) is 4.79 Å². The van der Waals surface area contributed by atoms with Crippen molar-refractivity contribution in [3.63, 3.8) is 0 Å². The molecule has 0 bridgehead atoms. The summed E-state index contributed by atoms with van der Waals surface area (Å²) in [7, 11) is 0. The summed E-state index contributed by atoms with van der Waals surface area (Å²) in [6.07, 6.45) is 0.130. The van der Waals surface area contributed by atoms with Crippen LogP contribution in [-0.4, -0.2) is 17.5 Å². The number of carbonyl (C=O) groups excluding carboxylic acids is 1. The predicted molar refractivity (Wildman–Crippen MR) is 84.2 cm³/mol. The van der Waals surface area contributed by atoms with Gasteiger partial charge in [0.2, 0.25) is 5.96 Å². The third-order valence-corrected chi connectivity index (χ3v) is 2.82. The Kier molecular flexibility index (Phi) is 4.82. The van der Waals surface area contributed by atoms with Crippen LogP contribution in [0.15, 0.2) is 70.9 Å². The molecule has 0 aliphatic carbocycles. The fourth-order valence-electron chi connectivity index (χ4n) is 1.82. The molecule has 2 aromatic carbocycles. The molecule has 4 N–H and O–H groups in total. The van der Waals surface area contributed by atoms with E-state index < -0.39 is 0 Å². The number of nitrogens with zero attached hydrogens (tertiary/aromatic N) is 2. The molecule has 0 unspecified atom stereocenters. The summed E-state index contributed by atoms with van der Waals surface area (Å²) in [5, 5.41) is 7.65. The first-order valence-corrected chi connectivity index (χ1v) is 6.46. The van der Waals surface area contributed by atoms with Crippen LogP contribution in [0.3, 0.4) is 0 Å². The minimum absolute atomic E-state index is 0.0380. The predicted octanol–water partition coefficient (Wildman–Crippen LogP) is 1.94. The summed E-state index contributed by atoms with van der Waals surface area (Å²) in [6, 6.07) is 18.4. The Morgan fingerprint density at radius 1 is 0.810 bits per heavy atom. The highest BCUT2D eigenvalue weighted by molar-refractivity contribution is 6.15. The zero-order chi connectivity index (χ0) is 15.1. The van der Waals surface area contributed by atoms with Crippen molar-refractivity contribution < 1.29 is 4.79 Å². The van der Waals surface area contributed by atoms with Gasteiger partial charge in [-0.2, -0.15) is 5.10 Å². The second-order valence-corrected chi connectivity index (χ2v) is 4.40. The number of hydrogen-bond acceptors (Lipinski definition) is 3. The fraction of sp³-hybridized carbons (Fsp3) is 0.0625. The molecule has 0 aliphatic rings. The highest BCUT2D eigenvalue weighted by atomic mass is 16.1. The molecule has 2 aromatic rings.